The van der Waals surface area contributed by atoms with Crippen molar-refractivity contribution < 1.29 is 9.21 Å². The number of nitrogens with one attached hydrogen (secondary N) is 1. The highest BCUT2D eigenvalue weighted by atomic mass is 32.1. The standard InChI is InChI=1S/C24H21N3O2S/c1-15-6-2-3-7-16(15)14-27-19-10-11-29-21(19)12-20(27)23(28)26-24-18(13-25)17-8-4-5-9-22(17)30-24/h2-3,6-7,10-12H,4-5,8-9,14H2,1H3,(H,26,28). The van der Waals surface area contributed by atoms with E-state index in [4.69, 9.17) is 4.42 Å². The largest absolute Gasteiger partial charge is 0.463 e. The topological polar surface area (TPSA) is 71.0 Å². The van der Waals surface area contributed by atoms with Gasteiger partial charge < -0.3 is 14.3 Å². The molecule has 0 saturated heterocycles. The number of benzene rings is 1. The summed E-state index contributed by atoms with van der Waals surface area (Å²) in [5, 5.41) is 13.4. The summed E-state index contributed by atoms with van der Waals surface area (Å²) in [5.41, 5.74) is 6.16. The number of aromatic nitrogens is 1. The van der Waals surface area contributed by atoms with E-state index in [0.717, 1.165) is 42.3 Å². The summed E-state index contributed by atoms with van der Waals surface area (Å²) < 4.78 is 7.55. The second-order valence-electron chi connectivity index (χ2n) is 7.69. The number of aryl methyl sites for hydroxylation is 2. The van der Waals surface area contributed by atoms with Gasteiger partial charge in [-0.05, 0) is 49.3 Å². The Bertz CT molecular complexity index is 1300. The molecule has 1 N–H and O–H groups in total. The summed E-state index contributed by atoms with van der Waals surface area (Å²) in [6.07, 6.45) is 5.78. The molecule has 0 aliphatic heterocycles. The maximum absolute atomic E-state index is 13.3. The third-order valence-corrected chi connectivity index (χ3v) is 7.06. The first-order valence-electron chi connectivity index (χ1n) is 10.1. The summed E-state index contributed by atoms with van der Waals surface area (Å²) in [5.74, 6) is -0.218. The lowest BCUT2D eigenvalue weighted by Crippen LogP contribution is -2.17. The molecule has 0 radical (unpaired) electrons. The van der Waals surface area contributed by atoms with Crippen LogP contribution >= 0.6 is 11.3 Å². The molecule has 0 atom stereocenters. The molecule has 0 fully saturated rings. The van der Waals surface area contributed by atoms with Crippen LogP contribution in [0.4, 0.5) is 5.00 Å². The lowest BCUT2D eigenvalue weighted by atomic mass is 9.96. The van der Waals surface area contributed by atoms with Crippen LogP contribution in [0, 0.1) is 18.3 Å². The normalized spacial score (nSPS) is 13.2. The van der Waals surface area contributed by atoms with Gasteiger partial charge in [0.25, 0.3) is 5.91 Å². The van der Waals surface area contributed by atoms with Crippen molar-refractivity contribution in [2.45, 2.75) is 39.2 Å². The van der Waals surface area contributed by atoms with E-state index in [1.807, 2.05) is 22.8 Å². The van der Waals surface area contributed by atoms with E-state index >= 15 is 0 Å². The number of thiophene rings is 1. The highest BCUT2D eigenvalue weighted by Crippen LogP contribution is 2.38. The molecular formula is C24H21N3O2S. The summed E-state index contributed by atoms with van der Waals surface area (Å²) in [6, 6.07) is 14.1. The molecule has 0 spiro atoms. The van der Waals surface area contributed by atoms with Gasteiger partial charge in [0.05, 0.1) is 17.3 Å². The minimum absolute atomic E-state index is 0.218. The van der Waals surface area contributed by atoms with Gasteiger partial charge >= 0.3 is 0 Å². The number of hydrogen-bond acceptors (Lipinski definition) is 4. The minimum atomic E-state index is -0.218. The van der Waals surface area contributed by atoms with Gasteiger partial charge in [0.15, 0.2) is 5.58 Å². The van der Waals surface area contributed by atoms with Crippen molar-refractivity contribution in [3.8, 4) is 6.07 Å². The highest BCUT2D eigenvalue weighted by Gasteiger charge is 2.24. The number of furan rings is 1. The van der Waals surface area contributed by atoms with Gasteiger partial charge in [-0.25, -0.2) is 0 Å². The maximum Gasteiger partial charge on any atom is 0.273 e. The number of nitrogens with zero attached hydrogens (tertiary/aromatic N) is 2. The van der Waals surface area contributed by atoms with Crippen molar-refractivity contribution >= 4 is 33.3 Å². The number of carbonyl (C=O) groups excluding carboxylic acids is 1. The van der Waals surface area contributed by atoms with Crippen LogP contribution in [0.5, 0.6) is 0 Å². The molecule has 1 aliphatic carbocycles. The zero-order chi connectivity index (χ0) is 20.7. The van der Waals surface area contributed by atoms with E-state index in [1.165, 1.54) is 10.4 Å². The molecule has 1 aliphatic rings. The summed E-state index contributed by atoms with van der Waals surface area (Å²) in [4.78, 5) is 14.5. The van der Waals surface area contributed by atoms with Crippen molar-refractivity contribution in [2.75, 3.05) is 5.32 Å². The van der Waals surface area contributed by atoms with Crippen molar-refractivity contribution in [3.63, 3.8) is 0 Å². The maximum atomic E-state index is 13.3. The molecule has 30 heavy (non-hydrogen) atoms. The Labute approximate surface area is 178 Å². The Morgan fingerprint density at radius 1 is 1.27 bits per heavy atom. The monoisotopic (exact) mass is 415 g/mol. The predicted octanol–water partition coefficient (Wildman–Crippen LogP) is 5.66. The zero-order valence-electron chi connectivity index (χ0n) is 16.7. The molecule has 1 amide bonds. The van der Waals surface area contributed by atoms with Crippen LogP contribution in [-0.4, -0.2) is 10.5 Å². The highest BCUT2D eigenvalue weighted by molar-refractivity contribution is 7.16. The number of anilines is 1. The Morgan fingerprint density at radius 3 is 2.93 bits per heavy atom. The van der Waals surface area contributed by atoms with E-state index in [2.05, 4.69) is 30.4 Å². The number of amides is 1. The third kappa shape index (κ3) is 3.12. The Hall–Kier alpha value is -3.30. The van der Waals surface area contributed by atoms with E-state index in [-0.39, 0.29) is 5.91 Å². The van der Waals surface area contributed by atoms with Crippen molar-refractivity contribution in [1.82, 2.24) is 4.57 Å². The van der Waals surface area contributed by atoms with E-state index in [0.29, 0.717) is 28.4 Å². The molecule has 150 valence electrons. The fourth-order valence-electron chi connectivity index (χ4n) is 4.23. The zero-order valence-corrected chi connectivity index (χ0v) is 17.5. The Morgan fingerprint density at radius 2 is 2.10 bits per heavy atom. The molecule has 0 bridgehead atoms. The van der Waals surface area contributed by atoms with Gasteiger partial charge in [0.2, 0.25) is 0 Å². The summed E-state index contributed by atoms with van der Waals surface area (Å²) >= 11 is 1.54. The van der Waals surface area contributed by atoms with Crippen LogP contribution in [0.3, 0.4) is 0 Å². The number of fused-ring (bicyclic) bond motifs is 2. The van der Waals surface area contributed by atoms with E-state index < -0.39 is 0 Å². The van der Waals surface area contributed by atoms with E-state index in [9.17, 15) is 10.1 Å². The van der Waals surface area contributed by atoms with Gasteiger partial charge in [0, 0.05) is 23.6 Å². The molecule has 6 heteroatoms. The molecule has 3 aromatic heterocycles. The molecular weight excluding hydrogens is 394 g/mol. The van der Waals surface area contributed by atoms with Crippen molar-refractivity contribution in [1.29, 1.82) is 5.26 Å². The van der Waals surface area contributed by atoms with Crippen LogP contribution in [0.25, 0.3) is 11.1 Å². The third-order valence-electron chi connectivity index (χ3n) is 5.86. The minimum Gasteiger partial charge on any atom is -0.463 e. The number of carbonyl (C=O) groups is 1. The quantitative estimate of drug-likeness (QED) is 0.468. The summed E-state index contributed by atoms with van der Waals surface area (Å²) in [7, 11) is 0. The van der Waals surface area contributed by atoms with Gasteiger partial charge in [-0.3, -0.25) is 4.79 Å². The molecule has 0 unspecified atom stereocenters. The lowest BCUT2D eigenvalue weighted by Gasteiger charge is -2.12. The molecule has 3 heterocycles. The lowest BCUT2D eigenvalue weighted by molar-refractivity contribution is 0.101. The average molecular weight is 416 g/mol. The molecule has 4 aromatic rings. The van der Waals surface area contributed by atoms with Crippen LogP contribution in [-0.2, 0) is 19.4 Å². The van der Waals surface area contributed by atoms with Gasteiger partial charge in [-0.2, -0.15) is 5.26 Å². The van der Waals surface area contributed by atoms with Crippen LogP contribution in [0.15, 0.2) is 47.1 Å². The molecule has 5 nitrogen and oxygen atoms in total. The van der Waals surface area contributed by atoms with Crippen molar-refractivity contribution in [3.05, 3.63) is 75.5 Å². The number of hydrogen-bond donors (Lipinski definition) is 1. The average Bonchev–Trinajstić information content (AvgIpc) is 3.43. The SMILES string of the molecule is Cc1ccccc1Cn1c(C(=O)Nc2sc3c(c2C#N)CCCC3)cc2occc21. The summed E-state index contributed by atoms with van der Waals surface area (Å²) in [6.45, 7) is 2.64. The fraction of sp³-hybridized carbons (Fsp3) is 0.250. The van der Waals surface area contributed by atoms with E-state index in [1.54, 1.807) is 23.7 Å². The second kappa shape index (κ2) is 7.51. The van der Waals surface area contributed by atoms with Crippen LogP contribution in [0.2, 0.25) is 0 Å². The number of nitriles is 1. The van der Waals surface area contributed by atoms with Gasteiger partial charge in [-0.1, -0.05) is 24.3 Å². The number of rotatable bonds is 4. The Kier molecular flexibility index (Phi) is 4.68. The second-order valence-corrected chi connectivity index (χ2v) is 8.80. The van der Waals surface area contributed by atoms with Gasteiger partial charge in [0.1, 0.15) is 16.8 Å². The smallest absolute Gasteiger partial charge is 0.273 e. The molecule has 5 rings (SSSR count). The predicted molar refractivity (Wildman–Crippen MR) is 118 cm³/mol. The first-order chi connectivity index (χ1) is 14.7. The molecule has 0 saturated carbocycles. The van der Waals surface area contributed by atoms with Crippen molar-refractivity contribution in [2.24, 2.45) is 0 Å². The van der Waals surface area contributed by atoms with Gasteiger partial charge in [-0.15, -0.1) is 11.3 Å². The fourth-order valence-corrected chi connectivity index (χ4v) is 5.47. The first-order valence-corrected chi connectivity index (χ1v) is 10.9. The first kappa shape index (κ1) is 18.7. The Balaban J connectivity index is 1.52. The van der Waals surface area contributed by atoms with Crippen LogP contribution < -0.4 is 5.32 Å². The molecule has 1 aromatic carbocycles. The van der Waals surface area contributed by atoms with Crippen LogP contribution in [0.1, 0.15) is 50.5 Å².